The molecule has 0 spiro atoms. The van der Waals surface area contributed by atoms with Crippen LogP contribution in [0.1, 0.15) is 34.1 Å². The SMILES string of the molecule is CCOC(=O)c1[nH]c2cc(F)c(OC)cc2c1Cc1ccc(Cl)c(C(F)(F)F)c1. The predicted molar refractivity (Wildman–Crippen MR) is 100 cm³/mol. The van der Waals surface area contributed by atoms with Crippen molar-refractivity contribution in [2.45, 2.75) is 19.5 Å². The van der Waals surface area contributed by atoms with Gasteiger partial charge in [-0.15, -0.1) is 0 Å². The first-order valence-electron chi connectivity index (χ1n) is 8.56. The minimum Gasteiger partial charge on any atom is -0.494 e. The number of hydrogen-bond donors (Lipinski definition) is 1. The maximum absolute atomic E-state index is 14.1. The lowest BCUT2D eigenvalue weighted by atomic mass is 9.99. The monoisotopic (exact) mass is 429 g/mol. The Morgan fingerprint density at radius 2 is 1.93 bits per heavy atom. The molecule has 1 N–H and O–H groups in total. The molecule has 0 bridgehead atoms. The van der Waals surface area contributed by atoms with Gasteiger partial charge in [0.25, 0.3) is 0 Å². The highest BCUT2D eigenvalue weighted by molar-refractivity contribution is 6.31. The normalized spacial score (nSPS) is 11.7. The minimum absolute atomic E-state index is 0.0385. The topological polar surface area (TPSA) is 51.3 Å². The van der Waals surface area contributed by atoms with Crippen LogP contribution in [0.3, 0.4) is 0 Å². The molecule has 154 valence electrons. The first-order chi connectivity index (χ1) is 13.7. The molecule has 0 aliphatic heterocycles. The van der Waals surface area contributed by atoms with E-state index in [0.29, 0.717) is 16.5 Å². The summed E-state index contributed by atoms with van der Waals surface area (Å²) in [5.74, 6) is -1.39. The maximum Gasteiger partial charge on any atom is 0.417 e. The summed E-state index contributed by atoms with van der Waals surface area (Å²) in [7, 11) is 1.29. The Morgan fingerprint density at radius 3 is 2.55 bits per heavy atom. The van der Waals surface area contributed by atoms with Crippen molar-refractivity contribution < 1.29 is 31.8 Å². The minimum atomic E-state index is -4.62. The Morgan fingerprint density at radius 1 is 1.21 bits per heavy atom. The summed E-state index contributed by atoms with van der Waals surface area (Å²) in [5, 5.41) is 0.0179. The van der Waals surface area contributed by atoms with Gasteiger partial charge in [-0.3, -0.25) is 0 Å². The van der Waals surface area contributed by atoms with Crippen LogP contribution >= 0.6 is 11.6 Å². The van der Waals surface area contributed by atoms with Crippen LogP contribution in [0.4, 0.5) is 17.6 Å². The van der Waals surface area contributed by atoms with Gasteiger partial charge in [-0.25, -0.2) is 9.18 Å². The van der Waals surface area contributed by atoms with Gasteiger partial charge in [0.15, 0.2) is 11.6 Å². The molecule has 1 aromatic heterocycles. The average Bonchev–Trinajstić information content (AvgIpc) is 2.99. The molecule has 0 saturated heterocycles. The Kier molecular flexibility index (Phi) is 5.75. The highest BCUT2D eigenvalue weighted by atomic mass is 35.5. The molecule has 3 aromatic rings. The zero-order chi connectivity index (χ0) is 21.3. The molecule has 2 aromatic carbocycles. The number of rotatable bonds is 5. The zero-order valence-corrected chi connectivity index (χ0v) is 16.2. The fourth-order valence-electron chi connectivity index (χ4n) is 3.07. The number of ether oxygens (including phenoxy) is 2. The lowest BCUT2D eigenvalue weighted by molar-refractivity contribution is -0.137. The molecule has 0 radical (unpaired) electrons. The lowest BCUT2D eigenvalue weighted by Gasteiger charge is -2.11. The summed E-state index contributed by atoms with van der Waals surface area (Å²) in [6.45, 7) is 1.72. The lowest BCUT2D eigenvalue weighted by Crippen LogP contribution is -2.09. The van der Waals surface area contributed by atoms with E-state index in [1.54, 1.807) is 6.92 Å². The smallest absolute Gasteiger partial charge is 0.417 e. The Balaban J connectivity index is 2.16. The van der Waals surface area contributed by atoms with Crippen LogP contribution < -0.4 is 4.74 Å². The fraction of sp³-hybridized carbons (Fsp3) is 0.250. The molecule has 0 unspecified atom stereocenters. The summed E-state index contributed by atoms with van der Waals surface area (Å²) in [5.41, 5.74) is 0.00542. The van der Waals surface area contributed by atoms with Gasteiger partial charge in [-0.1, -0.05) is 17.7 Å². The van der Waals surface area contributed by atoms with Gasteiger partial charge in [-0.05, 0) is 36.2 Å². The number of benzene rings is 2. The number of hydrogen-bond acceptors (Lipinski definition) is 3. The highest BCUT2D eigenvalue weighted by Crippen LogP contribution is 2.36. The van der Waals surface area contributed by atoms with Crippen LogP contribution in [-0.2, 0) is 17.3 Å². The molecule has 0 fully saturated rings. The molecule has 0 aliphatic rings. The second kappa shape index (κ2) is 7.94. The van der Waals surface area contributed by atoms with E-state index in [1.807, 2.05) is 0 Å². The van der Waals surface area contributed by atoms with Crippen molar-refractivity contribution in [3.05, 3.63) is 63.6 Å². The van der Waals surface area contributed by atoms with Crippen molar-refractivity contribution >= 4 is 28.5 Å². The van der Waals surface area contributed by atoms with Crippen molar-refractivity contribution in [1.29, 1.82) is 0 Å². The molecule has 0 atom stereocenters. The van der Waals surface area contributed by atoms with Gasteiger partial charge in [0.1, 0.15) is 5.69 Å². The first kappa shape index (κ1) is 21.0. The van der Waals surface area contributed by atoms with E-state index in [4.69, 9.17) is 21.1 Å². The number of H-pyrrole nitrogens is 1. The van der Waals surface area contributed by atoms with Crippen molar-refractivity contribution in [1.82, 2.24) is 4.98 Å². The average molecular weight is 430 g/mol. The van der Waals surface area contributed by atoms with Crippen molar-refractivity contribution in [3.8, 4) is 5.75 Å². The van der Waals surface area contributed by atoms with Crippen LogP contribution in [-0.4, -0.2) is 24.7 Å². The van der Waals surface area contributed by atoms with Crippen LogP contribution in [0.2, 0.25) is 5.02 Å². The molecule has 29 heavy (non-hydrogen) atoms. The quantitative estimate of drug-likeness (QED) is 0.414. The van der Waals surface area contributed by atoms with Crippen molar-refractivity contribution in [3.63, 3.8) is 0 Å². The number of carbonyl (C=O) groups is 1. The largest absolute Gasteiger partial charge is 0.494 e. The summed E-state index contributed by atoms with van der Waals surface area (Å²) in [4.78, 5) is 15.2. The van der Waals surface area contributed by atoms with E-state index in [-0.39, 0.29) is 30.0 Å². The molecule has 0 saturated carbocycles. The van der Waals surface area contributed by atoms with Gasteiger partial charge < -0.3 is 14.5 Å². The molecule has 1 heterocycles. The summed E-state index contributed by atoms with van der Waals surface area (Å²) in [6, 6.07) is 6.06. The van der Waals surface area contributed by atoms with E-state index in [1.165, 1.54) is 19.2 Å². The number of fused-ring (bicyclic) bond motifs is 1. The van der Waals surface area contributed by atoms with Gasteiger partial charge in [0, 0.05) is 23.4 Å². The third-order valence-corrected chi connectivity index (χ3v) is 4.70. The molecular weight excluding hydrogens is 414 g/mol. The predicted octanol–water partition coefficient (Wildman–Crippen LogP) is 5.76. The number of aromatic amines is 1. The third kappa shape index (κ3) is 4.17. The van der Waals surface area contributed by atoms with Gasteiger partial charge in [0.05, 0.1) is 24.3 Å². The second-order valence-electron chi connectivity index (χ2n) is 6.22. The second-order valence-corrected chi connectivity index (χ2v) is 6.63. The number of carbonyl (C=O) groups excluding carboxylic acids is 1. The Labute approximate surface area is 168 Å². The fourth-order valence-corrected chi connectivity index (χ4v) is 3.30. The number of halogens is 5. The van der Waals surface area contributed by atoms with Gasteiger partial charge in [0.2, 0.25) is 0 Å². The van der Waals surface area contributed by atoms with E-state index < -0.39 is 28.5 Å². The van der Waals surface area contributed by atoms with Crippen LogP contribution in [0.15, 0.2) is 30.3 Å². The standard InChI is InChI=1S/C20H16ClF4NO3/c1-3-29-19(27)18-12(11-8-17(28-2)15(22)9-16(11)26-18)6-10-4-5-14(21)13(7-10)20(23,24)25/h4-5,7-9,26H,3,6H2,1-2H3. The molecule has 9 heteroatoms. The highest BCUT2D eigenvalue weighted by Gasteiger charge is 2.33. The summed E-state index contributed by atoms with van der Waals surface area (Å²) >= 11 is 5.68. The molecule has 0 amide bonds. The van der Waals surface area contributed by atoms with E-state index >= 15 is 0 Å². The van der Waals surface area contributed by atoms with Crippen LogP contribution in [0.25, 0.3) is 10.9 Å². The Bertz CT molecular complexity index is 1080. The van der Waals surface area contributed by atoms with Gasteiger partial charge in [-0.2, -0.15) is 13.2 Å². The summed E-state index contributed by atoms with van der Waals surface area (Å²) < 4.78 is 63.6. The van der Waals surface area contributed by atoms with E-state index in [9.17, 15) is 22.4 Å². The number of aromatic nitrogens is 1. The number of methoxy groups -OCH3 is 1. The molecule has 0 aliphatic carbocycles. The first-order valence-corrected chi connectivity index (χ1v) is 8.94. The van der Waals surface area contributed by atoms with E-state index in [0.717, 1.165) is 18.2 Å². The van der Waals surface area contributed by atoms with E-state index in [2.05, 4.69) is 4.98 Å². The van der Waals surface area contributed by atoms with Gasteiger partial charge >= 0.3 is 12.1 Å². The third-order valence-electron chi connectivity index (χ3n) is 4.38. The van der Waals surface area contributed by atoms with Crippen molar-refractivity contribution in [2.75, 3.05) is 13.7 Å². The Hall–Kier alpha value is -2.74. The number of esters is 1. The summed E-state index contributed by atoms with van der Waals surface area (Å²) in [6.07, 6.45) is -4.66. The molecular formula is C20H16ClF4NO3. The molecule has 4 nitrogen and oxygen atoms in total. The van der Waals surface area contributed by atoms with Crippen LogP contribution in [0, 0.1) is 5.82 Å². The molecule has 3 rings (SSSR count). The van der Waals surface area contributed by atoms with Crippen molar-refractivity contribution in [2.24, 2.45) is 0 Å². The number of alkyl halides is 3. The number of nitrogens with one attached hydrogen (secondary N) is 1. The van der Waals surface area contributed by atoms with Crippen LogP contribution in [0.5, 0.6) is 5.75 Å². The maximum atomic E-state index is 14.1. The zero-order valence-electron chi connectivity index (χ0n) is 15.4.